The molecule has 1 amide bonds. The zero-order valence-corrected chi connectivity index (χ0v) is 12.5. The number of benzene rings is 1. The molecule has 2 bridgehead atoms. The maximum Gasteiger partial charge on any atom is 0.307 e. The normalized spacial score (nSPS) is 26.3. The minimum Gasteiger partial charge on any atom is -0.432 e. The van der Waals surface area contributed by atoms with Crippen molar-refractivity contribution in [3.05, 3.63) is 41.9 Å². The van der Waals surface area contributed by atoms with E-state index in [0.717, 1.165) is 24.9 Å². The maximum atomic E-state index is 12.3. The number of oxazole rings is 1. The fraction of sp³-hybridized carbons (Fsp3) is 0.412. The summed E-state index contributed by atoms with van der Waals surface area (Å²) in [6.07, 6.45) is 3.82. The number of amides is 1. The molecule has 0 spiro atoms. The summed E-state index contributed by atoms with van der Waals surface area (Å²) in [7, 11) is 0. The van der Waals surface area contributed by atoms with Crippen molar-refractivity contribution in [2.45, 2.75) is 31.8 Å². The van der Waals surface area contributed by atoms with Gasteiger partial charge in [-0.05, 0) is 32.2 Å². The van der Waals surface area contributed by atoms with E-state index in [0.29, 0.717) is 17.7 Å². The molecule has 0 radical (unpaired) electrons. The Bertz CT molecular complexity index is 692. The molecule has 1 aliphatic carbocycles. The molecule has 5 nitrogen and oxygen atoms in total. The number of carbonyl (C=O) groups excluding carboxylic acids is 1. The van der Waals surface area contributed by atoms with Crippen molar-refractivity contribution in [1.82, 2.24) is 15.6 Å². The highest BCUT2D eigenvalue weighted by Crippen LogP contribution is 2.31. The third-order valence-corrected chi connectivity index (χ3v) is 4.68. The molecule has 22 heavy (non-hydrogen) atoms. The summed E-state index contributed by atoms with van der Waals surface area (Å²) in [6, 6.07) is 8.56. The lowest BCUT2D eigenvalue weighted by Gasteiger charge is -2.23. The molecular formula is C17H19N3O2. The smallest absolute Gasteiger partial charge is 0.307 e. The Morgan fingerprint density at radius 3 is 2.82 bits per heavy atom. The van der Waals surface area contributed by atoms with Crippen LogP contribution in [0.25, 0.3) is 11.3 Å². The molecule has 2 fully saturated rings. The van der Waals surface area contributed by atoms with Crippen molar-refractivity contribution in [1.29, 1.82) is 0 Å². The van der Waals surface area contributed by atoms with Crippen LogP contribution in [0.15, 0.2) is 34.9 Å². The van der Waals surface area contributed by atoms with Gasteiger partial charge in [-0.1, -0.05) is 29.8 Å². The molecular weight excluding hydrogens is 278 g/mol. The number of rotatable bonds is 3. The first kappa shape index (κ1) is 13.5. The lowest BCUT2D eigenvalue weighted by Crippen LogP contribution is -2.48. The van der Waals surface area contributed by atoms with E-state index >= 15 is 0 Å². The third kappa shape index (κ3) is 2.41. The van der Waals surface area contributed by atoms with Crippen LogP contribution in [0.2, 0.25) is 0 Å². The van der Waals surface area contributed by atoms with Crippen molar-refractivity contribution in [3.8, 4) is 11.3 Å². The van der Waals surface area contributed by atoms with E-state index in [4.69, 9.17) is 4.42 Å². The number of carbonyl (C=O) groups is 1. The van der Waals surface area contributed by atoms with Gasteiger partial charge in [-0.25, -0.2) is 4.98 Å². The zero-order valence-electron chi connectivity index (χ0n) is 12.5. The van der Waals surface area contributed by atoms with Crippen molar-refractivity contribution >= 4 is 5.91 Å². The van der Waals surface area contributed by atoms with Crippen LogP contribution in [0, 0.1) is 12.8 Å². The van der Waals surface area contributed by atoms with E-state index in [1.54, 1.807) is 6.20 Å². The van der Waals surface area contributed by atoms with Crippen molar-refractivity contribution in [2.75, 3.05) is 6.54 Å². The lowest BCUT2D eigenvalue weighted by molar-refractivity contribution is 0.0894. The van der Waals surface area contributed by atoms with Gasteiger partial charge < -0.3 is 15.1 Å². The van der Waals surface area contributed by atoms with Gasteiger partial charge in [0.15, 0.2) is 5.76 Å². The van der Waals surface area contributed by atoms with Crippen LogP contribution in [0.3, 0.4) is 0 Å². The second-order valence-electron chi connectivity index (χ2n) is 6.33. The minimum absolute atomic E-state index is 0.137. The van der Waals surface area contributed by atoms with Gasteiger partial charge in [-0.15, -0.1) is 0 Å². The number of hydrogen-bond acceptors (Lipinski definition) is 4. The van der Waals surface area contributed by atoms with Gasteiger partial charge in [-0.2, -0.15) is 0 Å². The van der Waals surface area contributed by atoms with Gasteiger partial charge in [0.25, 0.3) is 5.89 Å². The predicted octanol–water partition coefficient (Wildman–Crippen LogP) is 2.13. The van der Waals surface area contributed by atoms with Crippen molar-refractivity contribution in [2.24, 2.45) is 5.92 Å². The number of aryl methyl sites for hydroxylation is 1. The van der Waals surface area contributed by atoms with Crippen molar-refractivity contribution in [3.63, 3.8) is 0 Å². The predicted molar refractivity (Wildman–Crippen MR) is 82.4 cm³/mol. The third-order valence-electron chi connectivity index (χ3n) is 4.68. The van der Waals surface area contributed by atoms with Gasteiger partial charge in [-0.3, -0.25) is 4.79 Å². The van der Waals surface area contributed by atoms with Crippen molar-refractivity contribution < 1.29 is 9.21 Å². The second-order valence-corrected chi connectivity index (χ2v) is 6.33. The molecule has 3 atom stereocenters. The molecule has 1 saturated carbocycles. The zero-order chi connectivity index (χ0) is 15.1. The number of hydrogen-bond donors (Lipinski definition) is 2. The highest BCUT2D eigenvalue weighted by atomic mass is 16.4. The largest absolute Gasteiger partial charge is 0.432 e. The Balaban J connectivity index is 1.46. The molecule has 3 unspecified atom stereocenters. The van der Waals surface area contributed by atoms with Gasteiger partial charge in [0.2, 0.25) is 0 Å². The van der Waals surface area contributed by atoms with Crippen LogP contribution in [-0.4, -0.2) is 29.5 Å². The van der Waals surface area contributed by atoms with Crippen LogP contribution in [0.5, 0.6) is 0 Å². The quantitative estimate of drug-likeness (QED) is 0.911. The first-order valence-electron chi connectivity index (χ1n) is 7.76. The summed E-state index contributed by atoms with van der Waals surface area (Å²) in [5.74, 6) is 1.23. The Kier molecular flexibility index (Phi) is 3.22. The summed E-state index contributed by atoms with van der Waals surface area (Å²) >= 11 is 0. The van der Waals surface area contributed by atoms with E-state index in [1.807, 2.05) is 31.2 Å². The Labute approximate surface area is 129 Å². The van der Waals surface area contributed by atoms with Gasteiger partial charge >= 0.3 is 5.91 Å². The van der Waals surface area contributed by atoms with Crippen LogP contribution >= 0.6 is 0 Å². The lowest BCUT2D eigenvalue weighted by atomic mass is 10.1. The highest BCUT2D eigenvalue weighted by molar-refractivity contribution is 5.90. The minimum atomic E-state index is -0.224. The van der Waals surface area contributed by atoms with Crippen LogP contribution in [-0.2, 0) is 0 Å². The van der Waals surface area contributed by atoms with Gasteiger partial charge in [0.1, 0.15) is 0 Å². The molecule has 2 aromatic rings. The molecule has 2 heterocycles. The average molecular weight is 297 g/mol. The monoisotopic (exact) mass is 297 g/mol. The van der Waals surface area contributed by atoms with Crippen LogP contribution in [0.4, 0.5) is 0 Å². The standard InChI is InChI=1S/C17H19N3O2/c1-10-2-4-12(5-3-10)15-9-19-17(22-15)16(21)20-14-7-11-6-13(14)18-8-11/h2-5,9,11,13-14,18H,6-8H2,1H3,(H,20,21). The average Bonchev–Trinajstić information content (AvgIpc) is 3.24. The molecule has 1 aliphatic heterocycles. The molecule has 1 aromatic heterocycles. The van der Waals surface area contributed by atoms with E-state index < -0.39 is 0 Å². The first-order chi connectivity index (χ1) is 10.7. The summed E-state index contributed by atoms with van der Waals surface area (Å²) in [5.41, 5.74) is 2.11. The molecule has 1 saturated heterocycles. The summed E-state index contributed by atoms with van der Waals surface area (Å²) in [5, 5.41) is 6.48. The fourth-order valence-corrected chi connectivity index (χ4v) is 3.47. The molecule has 2 aliphatic rings. The van der Waals surface area contributed by atoms with E-state index in [2.05, 4.69) is 15.6 Å². The number of fused-ring (bicyclic) bond motifs is 2. The molecule has 2 N–H and O–H groups in total. The van der Waals surface area contributed by atoms with E-state index in [-0.39, 0.29) is 17.8 Å². The molecule has 4 rings (SSSR count). The highest BCUT2D eigenvalue weighted by Gasteiger charge is 2.40. The molecule has 1 aromatic carbocycles. The van der Waals surface area contributed by atoms with Crippen LogP contribution in [0.1, 0.15) is 29.1 Å². The first-order valence-corrected chi connectivity index (χ1v) is 7.76. The topological polar surface area (TPSA) is 67.2 Å². The molecule has 5 heteroatoms. The Morgan fingerprint density at radius 2 is 2.14 bits per heavy atom. The second kappa shape index (κ2) is 5.25. The fourth-order valence-electron chi connectivity index (χ4n) is 3.47. The number of nitrogens with zero attached hydrogens (tertiary/aromatic N) is 1. The van der Waals surface area contributed by atoms with E-state index in [1.165, 1.54) is 5.56 Å². The maximum absolute atomic E-state index is 12.3. The molecule has 114 valence electrons. The van der Waals surface area contributed by atoms with E-state index in [9.17, 15) is 4.79 Å². The summed E-state index contributed by atoms with van der Waals surface area (Å²) < 4.78 is 5.62. The Hall–Kier alpha value is -2.14. The number of nitrogens with one attached hydrogen (secondary N) is 2. The SMILES string of the molecule is Cc1ccc(-c2cnc(C(=O)NC3CC4CNC3C4)o2)cc1. The summed E-state index contributed by atoms with van der Waals surface area (Å²) in [6.45, 7) is 3.11. The van der Waals surface area contributed by atoms with Gasteiger partial charge in [0, 0.05) is 17.6 Å². The number of aromatic nitrogens is 1. The van der Waals surface area contributed by atoms with Crippen LogP contribution < -0.4 is 10.6 Å². The Morgan fingerprint density at radius 1 is 1.32 bits per heavy atom. The van der Waals surface area contributed by atoms with Gasteiger partial charge in [0.05, 0.1) is 6.20 Å². The number of piperidine rings is 1. The summed E-state index contributed by atoms with van der Waals surface area (Å²) in [4.78, 5) is 16.4.